The van der Waals surface area contributed by atoms with Crippen LogP contribution in [0.1, 0.15) is 16.7 Å². The first-order chi connectivity index (χ1) is 13.5. The van der Waals surface area contributed by atoms with Crippen LogP contribution in [0.3, 0.4) is 0 Å². The molecule has 0 fully saturated rings. The van der Waals surface area contributed by atoms with Crippen molar-refractivity contribution in [3.8, 4) is 17.0 Å². The maximum Gasteiger partial charge on any atom is 0.234 e. The number of para-hydroxylation sites is 1. The van der Waals surface area contributed by atoms with Crippen LogP contribution in [0, 0.1) is 20.8 Å². The van der Waals surface area contributed by atoms with E-state index >= 15 is 0 Å². The van der Waals surface area contributed by atoms with Crippen molar-refractivity contribution in [2.45, 2.75) is 25.8 Å². The molecule has 0 atom stereocenters. The number of nitrogens with one attached hydrogen (secondary N) is 1. The van der Waals surface area contributed by atoms with Gasteiger partial charge in [-0.2, -0.15) is 0 Å². The minimum atomic E-state index is -0.0596. The molecule has 3 rings (SSSR count). The molecule has 3 aromatic rings. The Labute approximate surface area is 169 Å². The Morgan fingerprint density at radius 2 is 1.75 bits per heavy atom. The predicted octanol–water partition coefficient (Wildman–Crippen LogP) is 4.81. The summed E-state index contributed by atoms with van der Waals surface area (Å²) in [5.74, 6) is 0.964. The molecule has 0 unspecified atom stereocenters. The van der Waals surface area contributed by atoms with Gasteiger partial charge in [0.25, 0.3) is 0 Å². The second kappa shape index (κ2) is 8.89. The van der Waals surface area contributed by atoms with Gasteiger partial charge in [-0.3, -0.25) is 4.79 Å². The number of carbonyl (C=O) groups excluding carboxylic acids is 1. The number of aromatic nitrogens is 2. The summed E-state index contributed by atoms with van der Waals surface area (Å²) in [7, 11) is 1.63. The fraction of sp³-hybridized carbons (Fsp3) is 0.227. The van der Waals surface area contributed by atoms with Crippen molar-refractivity contribution in [3.05, 3.63) is 65.2 Å². The maximum absolute atomic E-state index is 12.4. The van der Waals surface area contributed by atoms with Gasteiger partial charge in [0.1, 0.15) is 10.8 Å². The fourth-order valence-corrected chi connectivity index (χ4v) is 3.70. The summed E-state index contributed by atoms with van der Waals surface area (Å²) in [5, 5.41) is 12.2. The van der Waals surface area contributed by atoms with Crippen molar-refractivity contribution in [2.24, 2.45) is 0 Å². The number of anilines is 1. The number of rotatable bonds is 6. The van der Waals surface area contributed by atoms with E-state index in [0.29, 0.717) is 5.03 Å². The van der Waals surface area contributed by atoms with Crippen LogP contribution in [0.5, 0.6) is 5.75 Å². The van der Waals surface area contributed by atoms with Crippen LogP contribution < -0.4 is 10.1 Å². The molecule has 6 heteroatoms. The highest BCUT2D eigenvalue weighted by Gasteiger charge is 2.11. The predicted molar refractivity (Wildman–Crippen MR) is 114 cm³/mol. The first kappa shape index (κ1) is 19.9. The number of methoxy groups -OCH3 is 1. The molecule has 0 spiro atoms. The molecule has 0 aliphatic carbocycles. The van der Waals surface area contributed by atoms with Gasteiger partial charge in [-0.15, -0.1) is 10.2 Å². The third-order valence-electron chi connectivity index (χ3n) is 4.32. The third kappa shape index (κ3) is 4.70. The second-order valence-electron chi connectivity index (χ2n) is 6.57. The number of hydrogen-bond donors (Lipinski definition) is 1. The van der Waals surface area contributed by atoms with E-state index < -0.39 is 0 Å². The first-order valence-electron chi connectivity index (χ1n) is 8.95. The van der Waals surface area contributed by atoms with Crippen LogP contribution in [0.25, 0.3) is 11.3 Å². The van der Waals surface area contributed by atoms with Crippen LogP contribution in [0.4, 0.5) is 5.69 Å². The summed E-state index contributed by atoms with van der Waals surface area (Å²) in [4.78, 5) is 12.4. The summed E-state index contributed by atoms with van der Waals surface area (Å²) < 4.78 is 5.37. The number of benzene rings is 2. The van der Waals surface area contributed by atoms with E-state index in [-0.39, 0.29) is 11.7 Å². The van der Waals surface area contributed by atoms with Gasteiger partial charge in [0.2, 0.25) is 5.91 Å². The van der Waals surface area contributed by atoms with E-state index in [9.17, 15) is 4.79 Å². The molecule has 144 valence electrons. The molecule has 1 aromatic heterocycles. The molecule has 2 aromatic carbocycles. The van der Waals surface area contributed by atoms with E-state index in [1.54, 1.807) is 7.11 Å². The van der Waals surface area contributed by atoms with Crippen molar-refractivity contribution < 1.29 is 9.53 Å². The summed E-state index contributed by atoms with van der Waals surface area (Å²) >= 11 is 1.36. The number of amides is 1. The van der Waals surface area contributed by atoms with Crippen LogP contribution in [-0.2, 0) is 4.79 Å². The monoisotopic (exact) mass is 393 g/mol. The fourth-order valence-electron chi connectivity index (χ4n) is 3.09. The molecule has 0 radical (unpaired) electrons. The van der Waals surface area contributed by atoms with E-state index in [0.717, 1.165) is 33.8 Å². The highest BCUT2D eigenvalue weighted by atomic mass is 32.2. The Morgan fingerprint density at radius 1 is 1.04 bits per heavy atom. The van der Waals surface area contributed by atoms with Gasteiger partial charge in [-0.1, -0.05) is 41.6 Å². The van der Waals surface area contributed by atoms with Gasteiger partial charge in [-0.25, -0.2) is 0 Å². The average Bonchev–Trinajstić information content (AvgIpc) is 2.69. The van der Waals surface area contributed by atoms with Gasteiger partial charge in [0.15, 0.2) is 0 Å². The van der Waals surface area contributed by atoms with Gasteiger partial charge in [-0.05, 0) is 56.2 Å². The summed E-state index contributed by atoms with van der Waals surface area (Å²) in [6, 6.07) is 15.6. The van der Waals surface area contributed by atoms with E-state index in [2.05, 4.69) is 34.6 Å². The Bertz CT molecular complexity index is 964. The quantitative estimate of drug-likeness (QED) is 0.609. The topological polar surface area (TPSA) is 64.1 Å². The van der Waals surface area contributed by atoms with Gasteiger partial charge in [0, 0.05) is 11.3 Å². The Hall–Kier alpha value is -2.86. The SMILES string of the molecule is COc1ccccc1-c1ccc(SCC(=O)Nc2c(C)cc(C)cc2C)nn1. The lowest BCUT2D eigenvalue weighted by molar-refractivity contribution is -0.113. The van der Waals surface area contributed by atoms with E-state index in [4.69, 9.17) is 4.74 Å². The van der Waals surface area contributed by atoms with Gasteiger partial charge >= 0.3 is 0 Å². The molecule has 0 aliphatic rings. The summed E-state index contributed by atoms with van der Waals surface area (Å²) in [6.07, 6.45) is 0. The van der Waals surface area contributed by atoms with Gasteiger partial charge in [0.05, 0.1) is 18.6 Å². The first-order valence-corrected chi connectivity index (χ1v) is 9.94. The highest BCUT2D eigenvalue weighted by molar-refractivity contribution is 7.99. The van der Waals surface area contributed by atoms with Crippen molar-refractivity contribution in [2.75, 3.05) is 18.2 Å². The smallest absolute Gasteiger partial charge is 0.234 e. The Kier molecular flexibility index (Phi) is 6.31. The van der Waals surface area contributed by atoms with Crippen LogP contribution in [0.2, 0.25) is 0 Å². The molecule has 1 heterocycles. The molecular weight excluding hydrogens is 370 g/mol. The number of carbonyl (C=O) groups is 1. The van der Waals surface area contributed by atoms with Crippen molar-refractivity contribution in [3.63, 3.8) is 0 Å². The highest BCUT2D eigenvalue weighted by Crippen LogP contribution is 2.28. The zero-order valence-electron chi connectivity index (χ0n) is 16.4. The largest absolute Gasteiger partial charge is 0.496 e. The molecule has 5 nitrogen and oxygen atoms in total. The molecular formula is C22H23N3O2S. The van der Waals surface area contributed by atoms with Crippen molar-refractivity contribution in [1.29, 1.82) is 0 Å². The number of aryl methyl sites for hydroxylation is 3. The number of nitrogens with zero attached hydrogens (tertiary/aromatic N) is 2. The van der Waals surface area contributed by atoms with Crippen LogP contribution >= 0.6 is 11.8 Å². The minimum absolute atomic E-state index is 0.0596. The van der Waals surface area contributed by atoms with Crippen LogP contribution in [0.15, 0.2) is 53.6 Å². The van der Waals surface area contributed by atoms with E-state index in [1.807, 2.05) is 50.2 Å². The van der Waals surface area contributed by atoms with Crippen LogP contribution in [-0.4, -0.2) is 29.0 Å². The molecule has 1 N–H and O–H groups in total. The normalized spacial score (nSPS) is 10.6. The lowest BCUT2D eigenvalue weighted by Gasteiger charge is -2.12. The standard InChI is InChI=1S/C22H23N3O2S/c1-14-11-15(2)22(16(3)12-14)23-20(26)13-28-21-10-9-18(24-25-21)17-7-5-6-8-19(17)27-4/h5-12H,13H2,1-4H3,(H,23,26). The molecule has 28 heavy (non-hydrogen) atoms. The lowest BCUT2D eigenvalue weighted by atomic mass is 10.1. The number of ether oxygens (including phenoxy) is 1. The molecule has 1 amide bonds. The average molecular weight is 394 g/mol. The summed E-state index contributed by atoms with van der Waals surface area (Å²) in [6.45, 7) is 6.06. The number of thioether (sulfide) groups is 1. The molecule has 0 saturated carbocycles. The van der Waals surface area contributed by atoms with E-state index in [1.165, 1.54) is 17.3 Å². The Morgan fingerprint density at radius 3 is 2.39 bits per heavy atom. The summed E-state index contributed by atoms with van der Waals surface area (Å²) in [5.41, 5.74) is 5.82. The Balaban J connectivity index is 1.63. The van der Waals surface area contributed by atoms with Crippen molar-refractivity contribution in [1.82, 2.24) is 10.2 Å². The lowest BCUT2D eigenvalue weighted by Crippen LogP contribution is -2.16. The molecule has 0 saturated heterocycles. The zero-order valence-corrected chi connectivity index (χ0v) is 17.3. The zero-order chi connectivity index (χ0) is 20.1. The maximum atomic E-state index is 12.4. The minimum Gasteiger partial charge on any atom is -0.496 e. The van der Waals surface area contributed by atoms with Gasteiger partial charge < -0.3 is 10.1 Å². The number of hydrogen-bond acceptors (Lipinski definition) is 5. The van der Waals surface area contributed by atoms with Crippen molar-refractivity contribution >= 4 is 23.4 Å². The second-order valence-corrected chi connectivity index (χ2v) is 7.56. The molecule has 0 aliphatic heterocycles. The third-order valence-corrected chi connectivity index (χ3v) is 5.24. The molecule has 0 bridgehead atoms.